The van der Waals surface area contributed by atoms with Crippen LogP contribution >= 0.6 is 0 Å². The molecule has 0 saturated carbocycles. The molecule has 26 heavy (non-hydrogen) atoms. The number of nitrogens with zero attached hydrogens (tertiary/aromatic N) is 3. The Bertz CT molecular complexity index is 954. The van der Waals surface area contributed by atoms with Crippen LogP contribution in [0.4, 0.5) is 10.5 Å². The first-order valence-electron chi connectivity index (χ1n) is 8.06. The average molecular weight is 351 g/mol. The normalized spacial score (nSPS) is 12.0. The molecule has 1 aliphatic rings. The molecule has 0 saturated heterocycles. The van der Waals surface area contributed by atoms with E-state index >= 15 is 0 Å². The van der Waals surface area contributed by atoms with Crippen molar-refractivity contribution in [2.45, 2.75) is 6.54 Å². The highest BCUT2D eigenvalue weighted by Gasteiger charge is 2.14. The van der Waals surface area contributed by atoms with Gasteiger partial charge >= 0.3 is 6.03 Å². The van der Waals surface area contributed by atoms with E-state index in [4.69, 9.17) is 9.47 Å². The number of nitrogens with one attached hydrogen (secondary N) is 2. The lowest BCUT2D eigenvalue weighted by Gasteiger charge is -2.10. The number of hydrogen-bond donors (Lipinski definition) is 2. The van der Waals surface area contributed by atoms with Crippen LogP contribution in [-0.2, 0) is 13.6 Å². The zero-order valence-electron chi connectivity index (χ0n) is 14.1. The summed E-state index contributed by atoms with van der Waals surface area (Å²) in [5.41, 5.74) is 3.23. The molecule has 3 heterocycles. The summed E-state index contributed by atoms with van der Waals surface area (Å²) in [6.45, 7) is 0.539. The first-order valence-corrected chi connectivity index (χ1v) is 8.06. The van der Waals surface area contributed by atoms with Crippen molar-refractivity contribution in [2.75, 3.05) is 12.1 Å². The zero-order chi connectivity index (χ0) is 17.9. The van der Waals surface area contributed by atoms with Crippen molar-refractivity contribution in [2.24, 2.45) is 7.05 Å². The number of anilines is 1. The molecule has 8 nitrogen and oxygen atoms in total. The first kappa shape index (κ1) is 15.9. The largest absolute Gasteiger partial charge is 0.454 e. The fourth-order valence-corrected chi connectivity index (χ4v) is 2.71. The van der Waals surface area contributed by atoms with E-state index in [1.165, 1.54) is 0 Å². The fourth-order valence-electron chi connectivity index (χ4n) is 2.71. The first-order chi connectivity index (χ1) is 12.7. The minimum Gasteiger partial charge on any atom is -0.454 e. The Morgan fingerprint density at radius 2 is 2.15 bits per heavy atom. The Hall–Kier alpha value is -3.55. The summed E-state index contributed by atoms with van der Waals surface area (Å²) in [6.07, 6.45) is 5.36. The molecule has 0 bridgehead atoms. The van der Waals surface area contributed by atoms with E-state index < -0.39 is 0 Å². The van der Waals surface area contributed by atoms with Crippen molar-refractivity contribution in [1.29, 1.82) is 0 Å². The number of fused-ring (bicyclic) bond motifs is 1. The fraction of sp³-hybridized carbons (Fsp3) is 0.167. The van der Waals surface area contributed by atoms with Crippen LogP contribution in [0.25, 0.3) is 11.3 Å². The molecule has 0 radical (unpaired) electrons. The third-order valence-electron chi connectivity index (χ3n) is 3.94. The van der Waals surface area contributed by atoms with Crippen molar-refractivity contribution in [3.05, 3.63) is 54.5 Å². The van der Waals surface area contributed by atoms with Crippen LogP contribution in [0, 0.1) is 0 Å². The van der Waals surface area contributed by atoms with Crippen LogP contribution in [0.2, 0.25) is 0 Å². The molecular weight excluding hydrogens is 334 g/mol. The molecule has 4 rings (SSSR count). The van der Waals surface area contributed by atoms with Gasteiger partial charge in [-0.05, 0) is 23.8 Å². The van der Waals surface area contributed by atoms with Gasteiger partial charge in [0.05, 0.1) is 11.9 Å². The molecule has 0 unspecified atom stereocenters. The van der Waals surface area contributed by atoms with Gasteiger partial charge in [-0.2, -0.15) is 5.10 Å². The number of hydrogen-bond acceptors (Lipinski definition) is 5. The predicted molar refractivity (Wildman–Crippen MR) is 94.9 cm³/mol. The second-order valence-electron chi connectivity index (χ2n) is 5.79. The van der Waals surface area contributed by atoms with E-state index in [0.29, 0.717) is 23.7 Å². The van der Waals surface area contributed by atoms with Crippen LogP contribution in [0.15, 0.2) is 48.9 Å². The van der Waals surface area contributed by atoms with Gasteiger partial charge in [-0.15, -0.1) is 0 Å². The number of aryl methyl sites for hydroxylation is 1. The maximum atomic E-state index is 12.2. The van der Waals surface area contributed by atoms with Gasteiger partial charge in [0.2, 0.25) is 6.79 Å². The Labute approximate surface area is 149 Å². The van der Waals surface area contributed by atoms with Crippen molar-refractivity contribution in [3.8, 4) is 22.8 Å². The second-order valence-corrected chi connectivity index (χ2v) is 5.79. The standard InChI is InChI=1S/C18H17N5O3/c1-23-10-13(9-21-23)17-12(3-2-6-19-17)8-20-18(24)22-14-4-5-15-16(7-14)26-11-25-15/h2-7,9-10H,8,11H2,1H3,(H2,20,22,24). The van der Waals surface area contributed by atoms with Crippen molar-refractivity contribution >= 4 is 11.7 Å². The van der Waals surface area contributed by atoms with Crippen LogP contribution in [-0.4, -0.2) is 27.6 Å². The number of carbonyl (C=O) groups excluding carboxylic acids is 1. The molecule has 0 spiro atoms. The molecule has 0 atom stereocenters. The smallest absolute Gasteiger partial charge is 0.319 e. The Morgan fingerprint density at radius 3 is 3.00 bits per heavy atom. The summed E-state index contributed by atoms with van der Waals surface area (Å²) in [7, 11) is 1.85. The van der Waals surface area contributed by atoms with Crippen molar-refractivity contribution in [1.82, 2.24) is 20.1 Å². The number of ether oxygens (including phenoxy) is 2. The number of amides is 2. The van der Waals surface area contributed by atoms with Gasteiger partial charge in [0, 0.05) is 43.3 Å². The van der Waals surface area contributed by atoms with Crippen molar-refractivity contribution in [3.63, 3.8) is 0 Å². The predicted octanol–water partition coefficient (Wildman–Crippen LogP) is 2.53. The summed E-state index contributed by atoms with van der Waals surface area (Å²) in [4.78, 5) is 16.6. The monoisotopic (exact) mass is 351 g/mol. The number of carbonyl (C=O) groups is 1. The molecular formula is C18H17N5O3. The van der Waals surface area contributed by atoms with Gasteiger partial charge < -0.3 is 20.1 Å². The summed E-state index contributed by atoms with van der Waals surface area (Å²) in [5.74, 6) is 1.29. The zero-order valence-corrected chi connectivity index (χ0v) is 14.1. The number of rotatable bonds is 4. The molecule has 1 aliphatic heterocycles. The van der Waals surface area contributed by atoms with E-state index in [1.807, 2.05) is 25.4 Å². The van der Waals surface area contributed by atoms with E-state index in [-0.39, 0.29) is 12.8 Å². The van der Waals surface area contributed by atoms with Gasteiger partial charge in [-0.3, -0.25) is 9.67 Å². The lowest BCUT2D eigenvalue weighted by molar-refractivity contribution is 0.174. The molecule has 132 valence electrons. The van der Waals surface area contributed by atoms with Gasteiger partial charge in [0.25, 0.3) is 0 Å². The topological polar surface area (TPSA) is 90.3 Å². The quantitative estimate of drug-likeness (QED) is 0.754. The van der Waals surface area contributed by atoms with E-state index in [2.05, 4.69) is 20.7 Å². The van der Waals surface area contributed by atoms with Gasteiger partial charge in [-0.25, -0.2) is 4.79 Å². The Morgan fingerprint density at radius 1 is 1.27 bits per heavy atom. The van der Waals surface area contributed by atoms with Gasteiger partial charge in [-0.1, -0.05) is 6.07 Å². The number of pyridine rings is 1. The lowest BCUT2D eigenvalue weighted by atomic mass is 10.1. The van der Waals surface area contributed by atoms with Crippen LogP contribution < -0.4 is 20.1 Å². The summed E-state index contributed by atoms with van der Waals surface area (Å²) in [6, 6.07) is 8.71. The molecule has 3 aromatic rings. The minimum absolute atomic E-state index is 0.198. The van der Waals surface area contributed by atoms with E-state index in [9.17, 15) is 4.79 Å². The third kappa shape index (κ3) is 3.30. The average Bonchev–Trinajstić information content (AvgIpc) is 3.28. The number of aromatic nitrogens is 3. The molecule has 8 heteroatoms. The molecule has 0 fully saturated rings. The Balaban J connectivity index is 1.42. The molecule has 2 amide bonds. The highest BCUT2D eigenvalue weighted by Crippen LogP contribution is 2.34. The Kier molecular flexibility index (Phi) is 4.14. The van der Waals surface area contributed by atoms with Gasteiger partial charge in [0.1, 0.15) is 0 Å². The summed E-state index contributed by atoms with van der Waals surface area (Å²) in [5, 5.41) is 9.79. The summed E-state index contributed by atoms with van der Waals surface area (Å²) >= 11 is 0. The second kappa shape index (κ2) is 6.75. The highest BCUT2D eigenvalue weighted by atomic mass is 16.7. The van der Waals surface area contributed by atoms with Crippen molar-refractivity contribution < 1.29 is 14.3 Å². The molecule has 2 aromatic heterocycles. The van der Waals surface area contributed by atoms with E-state index in [0.717, 1.165) is 16.8 Å². The van der Waals surface area contributed by atoms with E-state index in [1.54, 1.807) is 35.3 Å². The van der Waals surface area contributed by atoms with Crippen LogP contribution in [0.3, 0.4) is 0 Å². The third-order valence-corrected chi connectivity index (χ3v) is 3.94. The highest BCUT2D eigenvalue weighted by molar-refractivity contribution is 5.89. The number of urea groups is 1. The van der Waals surface area contributed by atoms with Gasteiger partial charge in [0.15, 0.2) is 11.5 Å². The minimum atomic E-state index is -0.315. The SMILES string of the molecule is Cn1cc(-c2ncccc2CNC(=O)Nc2ccc3c(c2)OCO3)cn1. The molecule has 2 N–H and O–H groups in total. The lowest BCUT2D eigenvalue weighted by Crippen LogP contribution is -2.28. The van der Waals surface area contributed by atoms with Crippen LogP contribution in [0.1, 0.15) is 5.56 Å². The van der Waals surface area contributed by atoms with Crippen LogP contribution in [0.5, 0.6) is 11.5 Å². The summed E-state index contributed by atoms with van der Waals surface area (Å²) < 4.78 is 12.3. The molecule has 0 aliphatic carbocycles. The molecule has 1 aromatic carbocycles. The maximum Gasteiger partial charge on any atom is 0.319 e. The maximum absolute atomic E-state index is 12.2. The number of benzene rings is 1.